The van der Waals surface area contributed by atoms with Crippen LogP contribution in [0.4, 0.5) is 10.1 Å². The number of rotatable bonds is 2. The van der Waals surface area contributed by atoms with Crippen molar-refractivity contribution in [3.8, 4) is 0 Å². The molecule has 1 unspecified atom stereocenters. The number of fused-ring (bicyclic) bond motifs is 1. The molecule has 2 heterocycles. The summed E-state index contributed by atoms with van der Waals surface area (Å²) in [6, 6.07) is 6.51. The first-order chi connectivity index (χ1) is 10.0. The van der Waals surface area contributed by atoms with Gasteiger partial charge in [0.1, 0.15) is 11.3 Å². The van der Waals surface area contributed by atoms with E-state index in [0.29, 0.717) is 24.8 Å². The number of halogens is 1. The number of benzene rings is 1. The third-order valence-electron chi connectivity index (χ3n) is 3.97. The molecule has 1 fully saturated rings. The molecule has 0 aliphatic carbocycles. The van der Waals surface area contributed by atoms with Crippen LogP contribution in [-0.2, 0) is 4.79 Å². The van der Waals surface area contributed by atoms with Crippen molar-refractivity contribution in [2.75, 3.05) is 18.0 Å². The Bertz CT molecular complexity index is 706. The molecule has 3 rings (SSSR count). The number of β-amino-alcohol motifs (C(OH)–C–C–N with tert-alkyl or cyclic N) is 1. The number of pyridine rings is 1. The lowest BCUT2D eigenvalue weighted by molar-refractivity contribution is -0.137. The number of hydrogen-bond donors (Lipinski definition) is 2. The summed E-state index contributed by atoms with van der Waals surface area (Å²) in [6.07, 6.45) is 2.51. The average molecular weight is 289 g/mol. The summed E-state index contributed by atoms with van der Waals surface area (Å²) < 4.78 is 13.8. The third kappa shape index (κ3) is 2.31. The van der Waals surface area contributed by atoms with E-state index in [1.54, 1.807) is 18.2 Å². The molecule has 0 saturated carbocycles. The van der Waals surface area contributed by atoms with Crippen molar-refractivity contribution in [3.05, 3.63) is 36.3 Å². The van der Waals surface area contributed by atoms with Gasteiger partial charge in [0.2, 0.25) is 0 Å². The summed E-state index contributed by atoms with van der Waals surface area (Å²) in [7, 11) is 0. The standard InChI is InChI=1S/C15H16FN3O2/c16-11-4-1-3-10-12(5-7-18-13(10)11)19-8-2-6-15(21,9-19)14(17)20/h1,3-5,7,21H,2,6,8-9H2,(H2,17,20). The Hall–Kier alpha value is -2.21. The van der Waals surface area contributed by atoms with Gasteiger partial charge in [-0.25, -0.2) is 4.39 Å². The minimum absolute atomic E-state index is 0.109. The van der Waals surface area contributed by atoms with Crippen molar-refractivity contribution < 1.29 is 14.3 Å². The Balaban J connectivity index is 2.05. The lowest BCUT2D eigenvalue weighted by Crippen LogP contribution is -2.56. The Kier molecular flexibility index (Phi) is 3.25. The largest absolute Gasteiger partial charge is 0.378 e. The number of amides is 1. The second kappa shape index (κ2) is 4.96. The molecule has 110 valence electrons. The van der Waals surface area contributed by atoms with Gasteiger partial charge >= 0.3 is 0 Å². The van der Waals surface area contributed by atoms with Gasteiger partial charge in [0.05, 0.1) is 6.54 Å². The van der Waals surface area contributed by atoms with Crippen LogP contribution in [0.3, 0.4) is 0 Å². The monoisotopic (exact) mass is 289 g/mol. The van der Waals surface area contributed by atoms with E-state index < -0.39 is 17.3 Å². The van der Waals surface area contributed by atoms with E-state index in [2.05, 4.69) is 4.98 Å². The molecule has 1 amide bonds. The van der Waals surface area contributed by atoms with Crippen molar-refractivity contribution in [2.45, 2.75) is 18.4 Å². The second-order valence-corrected chi connectivity index (χ2v) is 5.39. The van der Waals surface area contributed by atoms with Gasteiger partial charge in [-0.1, -0.05) is 12.1 Å². The highest BCUT2D eigenvalue weighted by Gasteiger charge is 2.39. The summed E-state index contributed by atoms with van der Waals surface area (Å²) in [5, 5.41) is 11.0. The number of carbonyl (C=O) groups excluding carboxylic acids is 1. The molecule has 3 N–H and O–H groups in total. The molecule has 1 aliphatic heterocycles. The number of primary amides is 1. The van der Waals surface area contributed by atoms with Gasteiger partial charge in [0, 0.05) is 23.8 Å². The molecule has 5 nitrogen and oxygen atoms in total. The van der Waals surface area contributed by atoms with Gasteiger partial charge in [-0.2, -0.15) is 0 Å². The lowest BCUT2D eigenvalue weighted by Gasteiger charge is -2.38. The molecule has 0 spiro atoms. The number of nitrogens with two attached hydrogens (primary N) is 1. The van der Waals surface area contributed by atoms with Gasteiger partial charge in [-0.15, -0.1) is 0 Å². The van der Waals surface area contributed by atoms with Crippen LogP contribution < -0.4 is 10.6 Å². The molecule has 1 aliphatic rings. The van der Waals surface area contributed by atoms with Crippen LogP contribution in [0, 0.1) is 5.82 Å². The summed E-state index contributed by atoms with van der Waals surface area (Å²) in [5.74, 6) is -1.12. The molecule has 1 saturated heterocycles. The zero-order chi connectivity index (χ0) is 15.0. The fraction of sp³-hybridized carbons (Fsp3) is 0.333. The maximum Gasteiger partial charge on any atom is 0.251 e. The molecule has 6 heteroatoms. The number of aliphatic hydroxyl groups is 1. The minimum Gasteiger partial charge on any atom is -0.378 e. The zero-order valence-electron chi connectivity index (χ0n) is 11.4. The van der Waals surface area contributed by atoms with E-state index in [1.807, 2.05) is 4.90 Å². The molecule has 2 aromatic rings. The van der Waals surface area contributed by atoms with Crippen LogP contribution in [0.25, 0.3) is 10.9 Å². The molecule has 21 heavy (non-hydrogen) atoms. The number of nitrogens with zero attached hydrogens (tertiary/aromatic N) is 2. The second-order valence-electron chi connectivity index (χ2n) is 5.39. The fourth-order valence-electron chi connectivity index (χ4n) is 2.84. The fourth-order valence-corrected chi connectivity index (χ4v) is 2.84. The number of hydrogen-bond acceptors (Lipinski definition) is 4. The number of aromatic nitrogens is 1. The first-order valence-corrected chi connectivity index (χ1v) is 6.82. The van der Waals surface area contributed by atoms with Crippen molar-refractivity contribution >= 4 is 22.5 Å². The normalized spacial score (nSPS) is 22.5. The Morgan fingerprint density at radius 2 is 2.24 bits per heavy atom. The Morgan fingerprint density at radius 3 is 3.00 bits per heavy atom. The highest BCUT2D eigenvalue weighted by molar-refractivity contribution is 5.92. The molecule has 0 bridgehead atoms. The Labute approximate surface area is 121 Å². The van der Waals surface area contributed by atoms with Crippen molar-refractivity contribution in [3.63, 3.8) is 0 Å². The smallest absolute Gasteiger partial charge is 0.251 e. The Morgan fingerprint density at radius 1 is 1.43 bits per heavy atom. The van der Waals surface area contributed by atoms with Crippen LogP contribution in [0.1, 0.15) is 12.8 Å². The maximum atomic E-state index is 13.8. The van der Waals surface area contributed by atoms with Gasteiger partial charge in [-0.05, 0) is 25.0 Å². The number of carbonyl (C=O) groups is 1. The van der Waals surface area contributed by atoms with Gasteiger partial charge in [0.25, 0.3) is 5.91 Å². The summed E-state index contributed by atoms with van der Waals surface area (Å²) in [6.45, 7) is 0.781. The zero-order valence-corrected chi connectivity index (χ0v) is 11.4. The van der Waals surface area contributed by atoms with Gasteiger partial charge < -0.3 is 15.7 Å². The van der Waals surface area contributed by atoms with Crippen LogP contribution >= 0.6 is 0 Å². The lowest BCUT2D eigenvalue weighted by atomic mass is 9.91. The summed E-state index contributed by atoms with van der Waals surface area (Å²) in [4.78, 5) is 17.4. The van der Waals surface area contributed by atoms with Crippen molar-refractivity contribution in [1.82, 2.24) is 4.98 Å². The number of anilines is 1. The first-order valence-electron chi connectivity index (χ1n) is 6.82. The molecule has 1 aromatic carbocycles. The van der Waals surface area contributed by atoms with Crippen LogP contribution in [0.5, 0.6) is 0 Å². The van der Waals surface area contributed by atoms with E-state index in [9.17, 15) is 14.3 Å². The van der Waals surface area contributed by atoms with E-state index in [1.165, 1.54) is 12.3 Å². The van der Waals surface area contributed by atoms with E-state index in [4.69, 9.17) is 5.73 Å². The van der Waals surface area contributed by atoms with Crippen LogP contribution in [-0.4, -0.2) is 34.7 Å². The molecule has 1 atom stereocenters. The molecule has 0 radical (unpaired) electrons. The average Bonchev–Trinajstić information content (AvgIpc) is 2.47. The quantitative estimate of drug-likeness (QED) is 0.870. The minimum atomic E-state index is -1.54. The summed E-state index contributed by atoms with van der Waals surface area (Å²) >= 11 is 0. The molecule has 1 aromatic heterocycles. The number of piperidine rings is 1. The van der Waals surface area contributed by atoms with Crippen LogP contribution in [0.15, 0.2) is 30.5 Å². The predicted molar refractivity (Wildman–Crippen MR) is 77.3 cm³/mol. The first kappa shape index (κ1) is 13.8. The molecular weight excluding hydrogens is 273 g/mol. The summed E-state index contributed by atoms with van der Waals surface area (Å²) in [5.41, 5.74) is 4.78. The third-order valence-corrected chi connectivity index (χ3v) is 3.97. The van der Waals surface area contributed by atoms with E-state index >= 15 is 0 Å². The van der Waals surface area contributed by atoms with E-state index in [0.717, 1.165) is 5.69 Å². The van der Waals surface area contributed by atoms with Gasteiger partial charge in [0.15, 0.2) is 5.60 Å². The maximum absolute atomic E-state index is 13.8. The van der Waals surface area contributed by atoms with Gasteiger partial charge in [-0.3, -0.25) is 9.78 Å². The number of para-hydroxylation sites is 1. The highest BCUT2D eigenvalue weighted by atomic mass is 19.1. The highest BCUT2D eigenvalue weighted by Crippen LogP contribution is 2.31. The van der Waals surface area contributed by atoms with Crippen LogP contribution in [0.2, 0.25) is 0 Å². The topological polar surface area (TPSA) is 79.5 Å². The SMILES string of the molecule is NC(=O)C1(O)CCCN(c2ccnc3c(F)cccc23)C1. The molecular formula is C15H16FN3O2. The van der Waals surface area contributed by atoms with Crippen molar-refractivity contribution in [2.24, 2.45) is 5.73 Å². The predicted octanol–water partition coefficient (Wildman–Crippen LogP) is 1.19. The van der Waals surface area contributed by atoms with Crippen molar-refractivity contribution in [1.29, 1.82) is 0 Å². The van der Waals surface area contributed by atoms with E-state index in [-0.39, 0.29) is 12.1 Å².